The Morgan fingerprint density at radius 1 is 1.00 bits per heavy atom. The summed E-state index contributed by atoms with van der Waals surface area (Å²) >= 11 is 0. The van der Waals surface area contributed by atoms with Gasteiger partial charge in [-0.2, -0.15) is 0 Å². The minimum absolute atomic E-state index is 1.08. The molecule has 1 heteroatoms. The van der Waals surface area contributed by atoms with Crippen molar-refractivity contribution in [3.05, 3.63) is 76.4 Å². The van der Waals surface area contributed by atoms with Crippen molar-refractivity contribution >= 4 is 13.4 Å². The highest BCUT2D eigenvalue weighted by Gasteiger charge is 2.17. The number of aryl methyl sites for hydroxylation is 3. The van der Waals surface area contributed by atoms with Gasteiger partial charge in [0.1, 0.15) is 7.85 Å². The summed E-state index contributed by atoms with van der Waals surface area (Å²) in [5.74, 6) is 0. The highest BCUT2D eigenvalue weighted by atomic mass is 14.2. The molecule has 0 atom stereocenters. The summed E-state index contributed by atoms with van der Waals surface area (Å²) in [6.07, 6.45) is 5.75. The van der Waals surface area contributed by atoms with E-state index in [2.05, 4.69) is 63.3 Å². The summed E-state index contributed by atoms with van der Waals surface area (Å²) in [4.78, 5) is 0. The predicted octanol–water partition coefficient (Wildman–Crippen LogP) is 3.58. The van der Waals surface area contributed by atoms with Crippen molar-refractivity contribution in [1.82, 2.24) is 0 Å². The molecule has 0 amide bonds. The Bertz CT molecular complexity index is 638. The Balaban J connectivity index is 2.24. The van der Waals surface area contributed by atoms with Crippen molar-refractivity contribution < 1.29 is 0 Å². The molecule has 0 bridgehead atoms. The van der Waals surface area contributed by atoms with Crippen LogP contribution < -0.4 is 0 Å². The third kappa shape index (κ3) is 2.25. The Labute approximate surface area is 116 Å². The summed E-state index contributed by atoms with van der Waals surface area (Å²) in [5.41, 5.74) is 8.61. The van der Waals surface area contributed by atoms with E-state index >= 15 is 0 Å². The van der Waals surface area contributed by atoms with Crippen LogP contribution in [0, 0.1) is 6.92 Å². The number of hydrogen-bond acceptors (Lipinski definition) is 0. The largest absolute Gasteiger partial charge is 0.106 e. The fourth-order valence-corrected chi connectivity index (χ4v) is 3.03. The number of hydrogen-bond donors (Lipinski definition) is 0. The van der Waals surface area contributed by atoms with Crippen LogP contribution in [0.15, 0.2) is 48.5 Å². The van der Waals surface area contributed by atoms with Crippen LogP contribution in [0.2, 0.25) is 6.32 Å². The van der Waals surface area contributed by atoms with E-state index in [-0.39, 0.29) is 0 Å². The molecule has 0 aromatic heterocycles. The lowest BCUT2D eigenvalue weighted by molar-refractivity contribution is 0.963. The van der Waals surface area contributed by atoms with E-state index in [1.54, 1.807) is 0 Å². The second-order valence-electron chi connectivity index (χ2n) is 5.34. The summed E-state index contributed by atoms with van der Waals surface area (Å²) in [7, 11) is 2.22. The third-order valence-corrected chi connectivity index (χ3v) is 3.93. The lowest BCUT2D eigenvalue weighted by Crippen LogP contribution is -1.93. The molecule has 19 heavy (non-hydrogen) atoms. The zero-order valence-electron chi connectivity index (χ0n) is 11.7. The first-order valence-electron chi connectivity index (χ1n) is 7.18. The van der Waals surface area contributed by atoms with Crippen LogP contribution >= 0.6 is 0 Å². The van der Waals surface area contributed by atoms with Gasteiger partial charge in [-0.15, -0.1) is 0 Å². The van der Waals surface area contributed by atoms with Crippen LogP contribution in [-0.2, 0) is 12.8 Å². The molecule has 0 saturated carbocycles. The highest BCUT2D eigenvalue weighted by Crippen LogP contribution is 2.34. The van der Waals surface area contributed by atoms with E-state index in [9.17, 15) is 0 Å². The topological polar surface area (TPSA) is 0 Å². The maximum atomic E-state index is 2.37. The monoisotopic (exact) mass is 246 g/mol. The molecule has 2 aromatic rings. The minimum Gasteiger partial charge on any atom is -0.0839 e. The average Bonchev–Trinajstić information content (AvgIpc) is 2.57. The Morgan fingerprint density at radius 2 is 1.74 bits per heavy atom. The quantitative estimate of drug-likeness (QED) is 0.675. The van der Waals surface area contributed by atoms with Crippen LogP contribution in [0.1, 0.15) is 27.8 Å². The first-order valence-corrected chi connectivity index (χ1v) is 7.18. The summed E-state index contributed by atoms with van der Waals surface area (Å²) in [6, 6.07) is 15.7. The molecule has 1 aliphatic rings. The lowest BCUT2D eigenvalue weighted by atomic mass is 9.90. The average molecular weight is 246 g/mol. The lowest BCUT2D eigenvalue weighted by Gasteiger charge is -2.12. The molecule has 0 unspecified atom stereocenters. The van der Waals surface area contributed by atoms with Crippen LogP contribution in [0.5, 0.6) is 0 Å². The van der Waals surface area contributed by atoms with E-state index in [1.165, 1.54) is 33.4 Å². The predicted molar refractivity (Wildman–Crippen MR) is 85.5 cm³/mol. The third-order valence-electron chi connectivity index (χ3n) is 3.93. The fourth-order valence-electron chi connectivity index (χ4n) is 3.03. The van der Waals surface area contributed by atoms with E-state index in [0.717, 1.165) is 19.2 Å². The summed E-state index contributed by atoms with van der Waals surface area (Å²) in [6.45, 7) is 2.18. The van der Waals surface area contributed by atoms with Gasteiger partial charge >= 0.3 is 0 Å². The van der Waals surface area contributed by atoms with E-state index in [4.69, 9.17) is 0 Å². The Kier molecular flexibility index (Phi) is 3.29. The van der Waals surface area contributed by atoms with Crippen molar-refractivity contribution in [2.24, 2.45) is 0 Å². The maximum Gasteiger partial charge on any atom is 0.106 e. The van der Waals surface area contributed by atoms with Gasteiger partial charge in [0.25, 0.3) is 0 Å². The molecule has 1 aliphatic carbocycles. The van der Waals surface area contributed by atoms with Gasteiger partial charge in [-0.1, -0.05) is 60.4 Å². The van der Waals surface area contributed by atoms with Crippen LogP contribution in [0.25, 0.3) is 5.57 Å². The maximum absolute atomic E-state index is 2.37. The van der Waals surface area contributed by atoms with Gasteiger partial charge in [-0.3, -0.25) is 0 Å². The van der Waals surface area contributed by atoms with Crippen LogP contribution in [-0.4, -0.2) is 7.85 Å². The van der Waals surface area contributed by atoms with Gasteiger partial charge in [0.05, 0.1) is 0 Å². The van der Waals surface area contributed by atoms with Crippen molar-refractivity contribution in [3.63, 3.8) is 0 Å². The van der Waals surface area contributed by atoms with Crippen molar-refractivity contribution in [3.8, 4) is 0 Å². The molecule has 0 N–H and O–H groups in total. The van der Waals surface area contributed by atoms with Gasteiger partial charge < -0.3 is 0 Å². The first kappa shape index (κ1) is 12.3. The number of allylic oxidation sites excluding steroid dienone is 1. The standard InChI is InChI=1S/C18H19B/c1-13-6-9-17-15(12-13)8-7-14-4-2-3-5-16(14)18(17)10-11-19/h2-6,9-10,12H,7-8,11,19H2,1H3/b18-10+. The normalized spacial score (nSPS) is 15.7. The van der Waals surface area contributed by atoms with Gasteiger partial charge in [0.15, 0.2) is 0 Å². The molecule has 0 radical (unpaired) electrons. The summed E-state index contributed by atoms with van der Waals surface area (Å²) in [5, 5.41) is 0. The van der Waals surface area contributed by atoms with Crippen molar-refractivity contribution in [2.75, 3.05) is 0 Å². The van der Waals surface area contributed by atoms with E-state index in [1.807, 2.05) is 0 Å². The SMILES string of the molecule is BC/C=C1\c2ccccc2CCc2cc(C)ccc21. The molecule has 0 heterocycles. The van der Waals surface area contributed by atoms with Gasteiger partial charge in [-0.25, -0.2) is 0 Å². The molecular weight excluding hydrogens is 227 g/mol. The zero-order valence-corrected chi connectivity index (χ0v) is 11.7. The first-order chi connectivity index (χ1) is 9.29. The molecule has 0 aliphatic heterocycles. The van der Waals surface area contributed by atoms with Crippen molar-refractivity contribution in [2.45, 2.75) is 26.1 Å². The molecular formula is C18H19B. The molecule has 94 valence electrons. The fraction of sp³-hybridized carbons (Fsp3) is 0.222. The van der Waals surface area contributed by atoms with Crippen LogP contribution in [0.3, 0.4) is 0 Å². The highest BCUT2D eigenvalue weighted by molar-refractivity contribution is 6.10. The Morgan fingerprint density at radius 3 is 2.58 bits per heavy atom. The molecule has 2 aromatic carbocycles. The zero-order chi connectivity index (χ0) is 13.2. The van der Waals surface area contributed by atoms with Gasteiger partial charge in [0, 0.05) is 0 Å². The molecule has 0 fully saturated rings. The molecule has 0 nitrogen and oxygen atoms in total. The number of fused-ring (bicyclic) bond motifs is 2. The van der Waals surface area contributed by atoms with Gasteiger partial charge in [-0.05, 0) is 47.6 Å². The number of rotatable bonds is 1. The van der Waals surface area contributed by atoms with Crippen LogP contribution in [0.4, 0.5) is 0 Å². The van der Waals surface area contributed by atoms with E-state index in [0.29, 0.717) is 0 Å². The molecule has 3 rings (SSSR count). The molecule has 0 saturated heterocycles. The van der Waals surface area contributed by atoms with Crippen molar-refractivity contribution in [1.29, 1.82) is 0 Å². The smallest absolute Gasteiger partial charge is 0.0839 e. The number of benzene rings is 2. The second kappa shape index (κ2) is 5.09. The molecule has 0 spiro atoms. The minimum atomic E-state index is 1.08. The second-order valence-corrected chi connectivity index (χ2v) is 5.34. The van der Waals surface area contributed by atoms with E-state index < -0.39 is 0 Å². The van der Waals surface area contributed by atoms with Gasteiger partial charge in [0.2, 0.25) is 0 Å². The summed E-state index contributed by atoms with van der Waals surface area (Å²) < 4.78 is 0. The Hall–Kier alpha value is -1.76.